The minimum atomic E-state index is -0.0997. The Morgan fingerprint density at radius 3 is 2.94 bits per heavy atom. The monoisotopic (exact) mass is 267 g/mol. The summed E-state index contributed by atoms with van der Waals surface area (Å²) >= 11 is 1.62. The lowest BCUT2D eigenvalue weighted by molar-refractivity contribution is 0.266. The van der Waals surface area contributed by atoms with Gasteiger partial charge in [-0.1, -0.05) is 25.6 Å². The Bertz CT molecular complexity index is 446. The van der Waals surface area contributed by atoms with Gasteiger partial charge in [0.2, 0.25) is 0 Å². The van der Waals surface area contributed by atoms with E-state index in [4.69, 9.17) is 5.73 Å². The van der Waals surface area contributed by atoms with Gasteiger partial charge < -0.3 is 10.7 Å². The van der Waals surface area contributed by atoms with Crippen LogP contribution in [0, 0.1) is 11.8 Å². The topological polar surface area (TPSA) is 71.8 Å². The molecule has 1 aliphatic carbocycles. The quantitative estimate of drug-likeness (QED) is 0.822. The van der Waals surface area contributed by atoms with Gasteiger partial charge in [-0.05, 0) is 31.1 Å². The lowest BCUT2D eigenvalue weighted by Gasteiger charge is -2.35. The van der Waals surface area contributed by atoms with Crippen molar-refractivity contribution < 1.29 is 0 Å². The second-order valence-electron chi connectivity index (χ2n) is 5.38. The maximum absolute atomic E-state index is 11.2. The second-order valence-corrected chi connectivity index (χ2v) is 6.60. The summed E-state index contributed by atoms with van der Waals surface area (Å²) in [7, 11) is 0. The van der Waals surface area contributed by atoms with Crippen LogP contribution < -0.4 is 11.3 Å². The van der Waals surface area contributed by atoms with E-state index in [2.05, 4.69) is 23.8 Å². The molecule has 4 nitrogen and oxygen atoms in total. The van der Waals surface area contributed by atoms with Crippen LogP contribution in [0.1, 0.15) is 33.1 Å². The molecule has 3 N–H and O–H groups in total. The Kier molecular flexibility index (Phi) is 4.45. The fourth-order valence-corrected chi connectivity index (χ4v) is 3.70. The highest BCUT2D eigenvalue weighted by atomic mass is 32.2. The molecule has 0 radical (unpaired) electrons. The molecule has 18 heavy (non-hydrogen) atoms. The van der Waals surface area contributed by atoms with Crippen LogP contribution in [0.4, 0.5) is 0 Å². The molecule has 0 spiro atoms. The lowest BCUT2D eigenvalue weighted by Crippen LogP contribution is -2.39. The first-order valence-electron chi connectivity index (χ1n) is 6.54. The molecule has 0 aliphatic heterocycles. The number of H-pyrrole nitrogens is 1. The molecule has 0 aromatic carbocycles. The number of nitrogens with zero attached hydrogens (tertiary/aromatic N) is 1. The van der Waals surface area contributed by atoms with E-state index < -0.39 is 0 Å². The molecule has 1 aromatic rings. The Morgan fingerprint density at radius 2 is 2.28 bits per heavy atom. The van der Waals surface area contributed by atoms with Gasteiger partial charge in [0, 0.05) is 23.6 Å². The van der Waals surface area contributed by atoms with Crippen molar-refractivity contribution in [1.29, 1.82) is 0 Å². The van der Waals surface area contributed by atoms with E-state index >= 15 is 0 Å². The summed E-state index contributed by atoms with van der Waals surface area (Å²) in [6.45, 7) is 4.54. The van der Waals surface area contributed by atoms with Crippen LogP contribution in [0.2, 0.25) is 0 Å². The van der Waals surface area contributed by atoms with Crippen molar-refractivity contribution in [1.82, 2.24) is 9.97 Å². The molecule has 100 valence electrons. The third-order valence-electron chi connectivity index (χ3n) is 3.74. The molecule has 3 atom stereocenters. The Balaban J connectivity index is 2.04. The van der Waals surface area contributed by atoms with Gasteiger partial charge in [0.15, 0.2) is 5.16 Å². The summed E-state index contributed by atoms with van der Waals surface area (Å²) in [6.07, 6.45) is 4.95. The molecule has 3 unspecified atom stereocenters. The number of hydrogen-bond acceptors (Lipinski definition) is 4. The normalized spacial score (nSPS) is 28.6. The van der Waals surface area contributed by atoms with Crippen molar-refractivity contribution in [3.63, 3.8) is 0 Å². The van der Waals surface area contributed by atoms with Crippen molar-refractivity contribution >= 4 is 11.8 Å². The molecule has 1 saturated carbocycles. The highest BCUT2D eigenvalue weighted by Crippen LogP contribution is 2.37. The summed E-state index contributed by atoms with van der Waals surface area (Å²) in [6, 6.07) is 1.64. The van der Waals surface area contributed by atoms with Gasteiger partial charge in [-0.25, -0.2) is 4.98 Å². The minimum absolute atomic E-state index is 0.0997. The summed E-state index contributed by atoms with van der Waals surface area (Å²) in [4.78, 5) is 18.2. The van der Waals surface area contributed by atoms with Crippen molar-refractivity contribution in [2.45, 2.75) is 49.6 Å². The van der Waals surface area contributed by atoms with Gasteiger partial charge in [-0.3, -0.25) is 4.79 Å². The predicted molar refractivity (Wildman–Crippen MR) is 74.7 cm³/mol. The Labute approximate surface area is 112 Å². The van der Waals surface area contributed by atoms with Gasteiger partial charge in [-0.15, -0.1) is 0 Å². The zero-order valence-corrected chi connectivity index (χ0v) is 11.7. The van der Waals surface area contributed by atoms with Crippen LogP contribution in [0.5, 0.6) is 0 Å². The zero-order chi connectivity index (χ0) is 13.1. The number of thioether (sulfide) groups is 1. The summed E-state index contributed by atoms with van der Waals surface area (Å²) in [5.74, 6) is 1.43. The van der Waals surface area contributed by atoms with Crippen LogP contribution in [-0.4, -0.2) is 21.3 Å². The smallest absolute Gasteiger partial charge is 0.251 e. The van der Waals surface area contributed by atoms with E-state index in [0.29, 0.717) is 16.3 Å². The molecule has 1 aliphatic rings. The van der Waals surface area contributed by atoms with Gasteiger partial charge in [-0.2, -0.15) is 0 Å². The highest BCUT2D eigenvalue weighted by Gasteiger charge is 2.30. The fraction of sp³-hybridized carbons (Fsp3) is 0.692. The zero-order valence-electron chi connectivity index (χ0n) is 10.9. The molecule has 2 rings (SSSR count). The minimum Gasteiger partial charge on any atom is -0.327 e. The number of aromatic nitrogens is 2. The third-order valence-corrected chi connectivity index (χ3v) is 5.01. The summed E-state index contributed by atoms with van der Waals surface area (Å²) in [5, 5.41) is 1.05. The number of nitrogens with two attached hydrogens (primary N) is 1. The number of nitrogens with one attached hydrogen (secondary N) is 1. The molecular formula is C13H21N3OS. The van der Waals surface area contributed by atoms with Crippen molar-refractivity contribution in [3.8, 4) is 0 Å². The summed E-state index contributed by atoms with van der Waals surface area (Å²) in [5.41, 5.74) is 6.09. The largest absolute Gasteiger partial charge is 0.327 e. The Morgan fingerprint density at radius 1 is 1.50 bits per heavy atom. The third kappa shape index (κ3) is 3.36. The van der Waals surface area contributed by atoms with Gasteiger partial charge in [0.25, 0.3) is 5.56 Å². The van der Waals surface area contributed by atoms with E-state index in [1.807, 2.05) is 0 Å². The van der Waals surface area contributed by atoms with Crippen molar-refractivity contribution in [2.24, 2.45) is 17.6 Å². The molecule has 0 bridgehead atoms. The molecule has 0 saturated heterocycles. The standard InChI is InChI=1S/C13H21N3OS/c1-8(2)9-3-4-10(14)11(7-9)18-13-15-6-5-12(17)16-13/h5-6,8-11H,3-4,7,14H2,1-2H3,(H,15,16,17). The van der Waals surface area contributed by atoms with E-state index in [9.17, 15) is 4.79 Å². The highest BCUT2D eigenvalue weighted by molar-refractivity contribution is 7.99. The van der Waals surface area contributed by atoms with Gasteiger partial charge >= 0.3 is 0 Å². The van der Waals surface area contributed by atoms with Crippen molar-refractivity contribution in [3.05, 3.63) is 22.6 Å². The van der Waals surface area contributed by atoms with Crippen LogP contribution in [0.25, 0.3) is 0 Å². The van der Waals surface area contributed by atoms with Crippen molar-refractivity contribution in [2.75, 3.05) is 0 Å². The molecule has 1 aromatic heterocycles. The molecular weight excluding hydrogens is 246 g/mol. The predicted octanol–water partition coefficient (Wildman–Crippen LogP) is 2.01. The average Bonchev–Trinajstić information content (AvgIpc) is 2.31. The van der Waals surface area contributed by atoms with Crippen LogP contribution in [0.15, 0.2) is 22.2 Å². The van der Waals surface area contributed by atoms with Crippen LogP contribution >= 0.6 is 11.8 Å². The van der Waals surface area contributed by atoms with E-state index in [1.54, 1.807) is 18.0 Å². The van der Waals surface area contributed by atoms with Gasteiger partial charge in [0.1, 0.15) is 0 Å². The second kappa shape index (κ2) is 5.89. The average molecular weight is 267 g/mol. The summed E-state index contributed by atoms with van der Waals surface area (Å²) < 4.78 is 0. The number of rotatable bonds is 3. The molecule has 5 heteroatoms. The molecule has 1 fully saturated rings. The van der Waals surface area contributed by atoms with Crippen LogP contribution in [-0.2, 0) is 0 Å². The maximum Gasteiger partial charge on any atom is 0.251 e. The van der Waals surface area contributed by atoms with Crippen LogP contribution in [0.3, 0.4) is 0 Å². The van der Waals surface area contributed by atoms with E-state index in [0.717, 1.165) is 18.8 Å². The Hall–Kier alpha value is -0.810. The SMILES string of the molecule is CC(C)C1CCC(N)C(Sc2nccc(=O)[nH]2)C1. The lowest BCUT2D eigenvalue weighted by atomic mass is 9.79. The maximum atomic E-state index is 11.2. The number of hydrogen-bond donors (Lipinski definition) is 2. The molecule has 1 heterocycles. The van der Waals surface area contributed by atoms with E-state index in [-0.39, 0.29) is 11.6 Å². The first-order chi connectivity index (χ1) is 8.56. The van der Waals surface area contributed by atoms with E-state index in [1.165, 1.54) is 12.5 Å². The molecule has 0 amide bonds. The fourth-order valence-electron chi connectivity index (χ4n) is 2.48. The first kappa shape index (κ1) is 13.6. The number of aromatic amines is 1. The first-order valence-corrected chi connectivity index (χ1v) is 7.42. The van der Waals surface area contributed by atoms with Gasteiger partial charge in [0.05, 0.1) is 0 Å².